The number of halogens is 2. The zero-order valence-corrected chi connectivity index (χ0v) is 8.65. The molecule has 0 heterocycles. The third-order valence-corrected chi connectivity index (χ3v) is 3.35. The summed E-state index contributed by atoms with van der Waals surface area (Å²) in [6.45, 7) is 0. The lowest BCUT2D eigenvalue weighted by Gasteiger charge is -2.38. The minimum absolute atomic E-state index is 0.141. The van der Waals surface area contributed by atoms with Gasteiger partial charge in [0.25, 0.3) is 0 Å². The van der Waals surface area contributed by atoms with E-state index in [-0.39, 0.29) is 16.4 Å². The van der Waals surface area contributed by atoms with Crippen molar-refractivity contribution in [2.45, 2.75) is 31.2 Å². The molecule has 0 amide bonds. The highest BCUT2D eigenvalue weighted by atomic mass is 35.5. The van der Waals surface area contributed by atoms with Crippen molar-refractivity contribution in [3.8, 4) is 0 Å². The molecule has 1 aromatic rings. The molecule has 2 rings (SSSR count). The molecule has 0 atom stereocenters. The second kappa shape index (κ2) is 3.52. The van der Waals surface area contributed by atoms with E-state index in [1.165, 1.54) is 12.5 Å². The van der Waals surface area contributed by atoms with E-state index in [9.17, 15) is 4.39 Å². The maximum Gasteiger partial charge on any atom is 0.142 e. The molecule has 76 valence electrons. The zero-order valence-electron chi connectivity index (χ0n) is 7.89. The molecule has 1 nitrogen and oxygen atoms in total. The smallest absolute Gasteiger partial charge is 0.142 e. The number of hydrogen-bond donors (Lipinski definition) is 1. The minimum atomic E-state index is -0.355. The maximum absolute atomic E-state index is 13.1. The summed E-state index contributed by atoms with van der Waals surface area (Å²) >= 11 is 5.85. The third-order valence-electron chi connectivity index (χ3n) is 2.92. The lowest BCUT2D eigenvalue weighted by molar-refractivity contribution is 0.247. The van der Waals surface area contributed by atoms with Crippen LogP contribution in [0.1, 0.15) is 24.8 Å². The van der Waals surface area contributed by atoms with Crippen LogP contribution in [0.15, 0.2) is 18.2 Å². The van der Waals surface area contributed by atoms with Gasteiger partial charge in [-0.2, -0.15) is 0 Å². The fraction of sp³-hybridized carbons (Fsp3) is 0.455. The van der Waals surface area contributed by atoms with Crippen LogP contribution in [-0.2, 0) is 6.42 Å². The monoisotopic (exact) mass is 213 g/mol. The Hall–Kier alpha value is -0.600. The normalized spacial score (nSPS) is 19.1. The second-order valence-electron chi connectivity index (χ2n) is 4.11. The van der Waals surface area contributed by atoms with Gasteiger partial charge in [-0.3, -0.25) is 0 Å². The maximum atomic E-state index is 13.1. The average molecular weight is 214 g/mol. The van der Waals surface area contributed by atoms with E-state index in [1.807, 2.05) is 6.07 Å². The van der Waals surface area contributed by atoms with Crippen molar-refractivity contribution in [1.82, 2.24) is 0 Å². The molecular weight excluding hydrogens is 201 g/mol. The summed E-state index contributed by atoms with van der Waals surface area (Å²) in [6, 6.07) is 4.90. The fourth-order valence-corrected chi connectivity index (χ4v) is 2.06. The molecule has 1 aliphatic carbocycles. The van der Waals surface area contributed by atoms with Crippen LogP contribution in [0.2, 0.25) is 5.02 Å². The van der Waals surface area contributed by atoms with E-state index in [1.54, 1.807) is 6.07 Å². The lowest BCUT2D eigenvalue weighted by atomic mass is 9.74. The third kappa shape index (κ3) is 1.77. The summed E-state index contributed by atoms with van der Waals surface area (Å²) < 4.78 is 13.1. The topological polar surface area (TPSA) is 26.0 Å². The molecule has 0 spiro atoms. The van der Waals surface area contributed by atoms with E-state index < -0.39 is 0 Å². The van der Waals surface area contributed by atoms with E-state index >= 15 is 0 Å². The predicted molar refractivity (Wildman–Crippen MR) is 55.9 cm³/mol. The summed E-state index contributed by atoms with van der Waals surface area (Å²) in [6.07, 6.45) is 3.88. The van der Waals surface area contributed by atoms with Gasteiger partial charge in [-0.05, 0) is 37.3 Å². The van der Waals surface area contributed by atoms with Gasteiger partial charge in [0, 0.05) is 5.54 Å². The molecule has 1 saturated carbocycles. The Morgan fingerprint density at radius 2 is 2.14 bits per heavy atom. The molecule has 2 N–H and O–H groups in total. The first-order valence-electron chi connectivity index (χ1n) is 4.82. The van der Waals surface area contributed by atoms with Gasteiger partial charge in [0.05, 0.1) is 5.02 Å². The molecule has 0 aliphatic heterocycles. The van der Waals surface area contributed by atoms with Crippen LogP contribution in [0.5, 0.6) is 0 Å². The molecule has 3 heteroatoms. The Balaban J connectivity index is 2.20. The molecule has 0 unspecified atom stereocenters. The highest BCUT2D eigenvalue weighted by molar-refractivity contribution is 6.31. The van der Waals surface area contributed by atoms with Gasteiger partial charge in [-0.15, -0.1) is 0 Å². The van der Waals surface area contributed by atoms with Crippen molar-refractivity contribution < 1.29 is 4.39 Å². The molecule has 0 aromatic heterocycles. The Morgan fingerprint density at radius 1 is 1.43 bits per heavy atom. The van der Waals surface area contributed by atoms with Crippen molar-refractivity contribution in [2.24, 2.45) is 5.73 Å². The summed E-state index contributed by atoms with van der Waals surface area (Å²) in [5.41, 5.74) is 6.76. The molecule has 0 saturated heterocycles. The molecule has 1 fully saturated rings. The second-order valence-corrected chi connectivity index (χ2v) is 4.48. The largest absolute Gasteiger partial charge is 0.325 e. The van der Waals surface area contributed by atoms with Gasteiger partial charge >= 0.3 is 0 Å². The van der Waals surface area contributed by atoms with Crippen molar-refractivity contribution >= 4 is 11.6 Å². The molecular formula is C11H13ClFN. The van der Waals surface area contributed by atoms with Crippen LogP contribution in [-0.4, -0.2) is 5.54 Å². The minimum Gasteiger partial charge on any atom is -0.325 e. The van der Waals surface area contributed by atoms with Crippen molar-refractivity contribution in [2.75, 3.05) is 0 Å². The number of rotatable bonds is 2. The van der Waals surface area contributed by atoms with Crippen LogP contribution in [0, 0.1) is 5.82 Å². The standard InChI is InChI=1S/C11H13ClFN/c12-10-8(3-1-4-9(10)13)7-11(14)5-2-6-11/h1,3-4H,2,5-7,14H2. The summed E-state index contributed by atoms with van der Waals surface area (Å²) in [4.78, 5) is 0. The van der Waals surface area contributed by atoms with Crippen LogP contribution >= 0.6 is 11.6 Å². The molecule has 0 bridgehead atoms. The summed E-state index contributed by atoms with van der Waals surface area (Å²) in [5, 5.41) is 0.226. The predicted octanol–water partition coefficient (Wildman–Crippen LogP) is 2.90. The molecule has 0 radical (unpaired) electrons. The summed E-state index contributed by atoms with van der Waals surface area (Å²) in [7, 11) is 0. The Bertz CT molecular complexity index is 347. The van der Waals surface area contributed by atoms with Crippen LogP contribution in [0.3, 0.4) is 0 Å². The molecule has 1 aliphatic rings. The number of hydrogen-bond acceptors (Lipinski definition) is 1. The van der Waals surface area contributed by atoms with Crippen LogP contribution in [0.4, 0.5) is 4.39 Å². The summed E-state index contributed by atoms with van der Waals surface area (Å²) in [5.74, 6) is -0.355. The highest BCUT2D eigenvalue weighted by Crippen LogP contribution is 2.34. The number of benzene rings is 1. The lowest BCUT2D eigenvalue weighted by Crippen LogP contribution is -2.48. The van der Waals surface area contributed by atoms with Gasteiger partial charge in [0.15, 0.2) is 0 Å². The van der Waals surface area contributed by atoms with E-state index in [0.29, 0.717) is 6.42 Å². The van der Waals surface area contributed by atoms with Crippen molar-refractivity contribution in [3.05, 3.63) is 34.6 Å². The Kier molecular flexibility index (Phi) is 2.50. The number of nitrogens with two attached hydrogens (primary N) is 1. The molecule has 1 aromatic carbocycles. The first kappa shape index (κ1) is 9.94. The van der Waals surface area contributed by atoms with Gasteiger partial charge in [-0.25, -0.2) is 4.39 Å². The van der Waals surface area contributed by atoms with E-state index in [4.69, 9.17) is 17.3 Å². The van der Waals surface area contributed by atoms with Gasteiger partial charge in [-0.1, -0.05) is 23.7 Å². The van der Waals surface area contributed by atoms with E-state index in [2.05, 4.69) is 0 Å². The first-order chi connectivity index (χ1) is 6.61. The fourth-order valence-electron chi connectivity index (χ4n) is 1.87. The van der Waals surface area contributed by atoms with Crippen molar-refractivity contribution in [1.29, 1.82) is 0 Å². The Morgan fingerprint density at radius 3 is 2.71 bits per heavy atom. The Labute approximate surface area is 88.1 Å². The van der Waals surface area contributed by atoms with Gasteiger partial charge in [0.1, 0.15) is 5.82 Å². The van der Waals surface area contributed by atoms with Gasteiger partial charge in [0.2, 0.25) is 0 Å². The van der Waals surface area contributed by atoms with Crippen LogP contribution in [0.25, 0.3) is 0 Å². The molecule has 14 heavy (non-hydrogen) atoms. The first-order valence-corrected chi connectivity index (χ1v) is 5.20. The van der Waals surface area contributed by atoms with E-state index in [0.717, 1.165) is 18.4 Å². The SMILES string of the molecule is NC1(Cc2cccc(F)c2Cl)CCC1. The zero-order chi connectivity index (χ0) is 10.2. The van der Waals surface area contributed by atoms with Crippen molar-refractivity contribution in [3.63, 3.8) is 0 Å². The van der Waals surface area contributed by atoms with Gasteiger partial charge < -0.3 is 5.73 Å². The highest BCUT2D eigenvalue weighted by Gasteiger charge is 2.33. The average Bonchev–Trinajstić information content (AvgIpc) is 2.10. The quantitative estimate of drug-likeness (QED) is 0.803. The van der Waals surface area contributed by atoms with Crippen LogP contribution < -0.4 is 5.73 Å².